The standard InChI is InChI=1S/C26H30O13/c1-35-20(29)11-16-15(9-10-36-19(28)8-7-14-5-3-2-4-6-14)25(37-13-17(16)24(33)34)39-26-23(32)22(31)21(30)18(12-27)38-26/h2-9,13,16,18,21-23,25-27,30-32H,10-12H2,1H3,(H,33,34)/b8-7+,15-9+/t16-,18+,21+,22-,23-,25-,26-/m0/s1. The molecule has 2 aliphatic heterocycles. The third-order valence-electron chi connectivity index (χ3n) is 6.08. The van der Waals surface area contributed by atoms with Crippen LogP contribution >= 0.6 is 0 Å². The zero-order chi connectivity index (χ0) is 28.5. The number of benzene rings is 1. The Morgan fingerprint density at radius 1 is 1.05 bits per heavy atom. The first kappa shape index (κ1) is 30.0. The first-order valence-electron chi connectivity index (χ1n) is 11.9. The minimum absolute atomic E-state index is 0.0251. The van der Waals surface area contributed by atoms with Crippen molar-refractivity contribution in [3.8, 4) is 0 Å². The van der Waals surface area contributed by atoms with Crippen molar-refractivity contribution in [3.63, 3.8) is 0 Å². The number of carboxylic acid groups (broad SMARTS) is 1. The van der Waals surface area contributed by atoms with Crippen molar-refractivity contribution < 1.29 is 63.6 Å². The van der Waals surface area contributed by atoms with Gasteiger partial charge in [0.05, 0.1) is 32.0 Å². The maximum Gasteiger partial charge on any atom is 0.335 e. The SMILES string of the molecule is COC(=O)C[C@@H]1C(C(=O)O)=CO[C@@H](O[C@@H]2O[C@H](CO)[C@@H](O)[C@H](O)[C@@H]2O)/C1=C/COC(=O)/C=C/c1ccccc1. The Bertz CT molecular complexity index is 1090. The molecule has 1 saturated heterocycles. The summed E-state index contributed by atoms with van der Waals surface area (Å²) in [5, 5.41) is 49.5. The minimum Gasteiger partial charge on any atom is -0.478 e. The van der Waals surface area contributed by atoms with Gasteiger partial charge in [-0.3, -0.25) is 4.79 Å². The number of carbonyl (C=O) groups excluding carboxylic acids is 2. The van der Waals surface area contributed by atoms with Gasteiger partial charge in [-0.15, -0.1) is 0 Å². The van der Waals surface area contributed by atoms with Crippen LogP contribution in [-0.4, -0.2) is 101 Å². The maximum atomic E-state index is 12.2. The second kappa shape index (κ2) is 14.0. The molecule has 13 nitrogen and oxygen atoms in total. The van der Waals surface area contributed by atoms with Crippen LogP contribution in [0.25, 0.3) is 6.08 Å². The number of carboxylic acids is 1. The molecule has 5 N–H and O–H groups in total. The topological polar surface area (TPSA) is 199 Å². The van der Waals surface area contributed by atoms with E-state index in [-0.39, 0.29) is 17.8 Å². The van der Waals surface area contributed by atoms with Gasteiger partial charge in [-0.1, -0.05) is 30.3 Å². The first-order chi connectivity index (χ1) is 18.7. The van der Waals surface area contributed by atoms with E-state index in [9.17, 15) is 39.9 Å². The summed E-state index contributed by atoms with van der Waals surface area (Å²) in [5.74, 6) is -4.02. The maximum absolute atomic E-state index is 12.2. The summed E-state index contributed by atoms with van der Waals surface area (Å²) in [4.78, 5) is 36.2. The van der Waals surface area contributed by atoms with Gasteiger partial charge in [-0.05, 0) is 17.7 Å². The van der Waals surface area contributed by atoms with E-state index in [1.165, 1.54) is 18.2 Å². The van der Waals surface area contributed by atoms with Gasteiger partial charge in [-0.25, -0.2) is 9.59 Å². The summed E-state index contributed by atoms with van der Waals surface area (Å²) in [7, 11) is 1.12. The van der Waals surface area contributed by atoms with Crippen molar-refractivity contribution in [1.82, 2.24) is 0 Å². The number of aliphatic hydroxyl groups excluding tert-OH is 4. The number of ether oxygens (including phenoxy) is 5. The van der Waals surface area contributed by atoms with E-state index in [0.717, 1.165) is 18.9 Å². The molecule has 3 rings (SSSR count). The van der Waals surface area contributed by atoms with Crippen molar-refractivity contribution in [2.45, 2.75) is 43.4 Å². The molecule has 13 heteroatoms. The minimum atomic E-state index is -1.78. The van der Waals surface area contributed by atoms with E-state index in [4.69, 9.17) is 18.9 Å². The number of rotatable bonds is 10. The molecule has 0 spiro atoms. The largest absolute Gasteiger partial charge is 0.478 e. The van der Waals surface area contributed by atoms with Gasteiger partial charge in [0.2, 0.25) is 6.29 Å². The van der Waals surface area contributed by atoms with E-state index in [2.05, 4.69) is 4.74 Å². The molecule has 39 heavy (non-hydrogen) atoms. The van der Waals surface area contributed by atoms with E-state index >= 15 is 0 Å². The fourth-order valence-corrected chi connectivity index (χ4v) is 3.96. The second-order valence-electron chi connectivity index (χ2n) is 8.59. The van der Waals surface area contributed by atoms with Crippen LogP contribution in [0.2, 0.25) is 0 Å². The van der Waals surface area contributed by atoms with E-state index in [0.29, 0.717) is 0 Å². The molecule has 212 valence electrons. The van der Waals surface area contributed by atoms with Crippen LogP contribution in [0.1, 0.15) is 12.0 Å². The second-order valence-corrected chi connectivity index (χ2v) is 8.59. The highest BCUT2D eigenvalue weighted by Crippen LogP contribution is 2.35. The van der Waals surface area contributed by atoms with Crippen LogP contribution in [-0.2, 0) is 38.1 Å². The Kier molecular flexibility index (Phi) is 10.7. The van der Waals surface area contributed by atoms with Crippen molar-refractivity contribution in [2.24, 2.45) is 5.92 Å². The third kappa shape index (κ3) is 7.72. The first-order valence-corrected chi connectivity index (χ1v) is 11.9. The lowest BCUT2D eigenvalue weighted by Gasteiger charge is -2.41. The van der Waals surface area contributed by atoms with Gasteiger partial charge in [0.15, 0.2) is 6.29 Å². The van der Waals surface area contributed by atoms with E-state index in [1.807, 2.05) is 6.07 Å². The zero-order valence-corrected chi connectivity index (χ0v) is 20.9. The molecule has 7 atom stereocenters. The van der Waals surface area contributed by atoms with Gasteiger partial charge in [0, 0.05) is 17.6 Å². The highest BCUT2D eigenvalue weighted by atomic mass is 16.8. The fraction of sp³-hybridized carbons (Fsp3) is 0.423. The third-order valence-corrected chi connectivity index (χ3v) is 6.08. The molecule has 1 aromatic carbocycles. The van der Waals surface area contributed by atoms with Gasteiger partial charge in [0.25, 0.3) is 0 Å². The van der Waals surface area contributed by atoms with Gasteiger partial charge >= 0.3 is 17.9 Å². The summed E-state index contributed by atoms with van der Waals surface area (Å²) in [6.07, 6.45) is -5.13. The number of hydrogen-bond acceptors (Lipinski definition) is 12. The molecule has 0 saturated carbocycles. The number of aliphatic carboxylic acids is 1. The molecule has 1 fully saturated rings. The Labute approximate surface area is 223 Å². The Hall–Kier alpha value is -3.59. The predicted molar refractivity (Wildman–Crippen MR) is 130 cm³/mol. The molecule has 2 aliphatic rings. The molecule has 0 aliphatic carbocycles. The van der Waals surface area contributed by atoms with E-state index < -0.39 is 73.8 Å². The molecular formula is C26H30O13. The smallest absolute Gasteiger partial charge is 0.335 e. The normalized spacial score (nSPS) is 29.9. The average molecular weight is 551 g/mol. The highest BCUT2D eigenvalue weighted by Gasteiger charge is 2.46. The Balaban J connectivity index is 1.84. The Morgan fingerprint density at radius 3 is 2.41 bits per heavy atom. The van der Waals surface area contributed by atoms with Crippen molar-refractivity contribution in [3.05, 3.63) is 65.5 Å². The molecule has 2 heterocycles. The summed E-state index contributed by atoms with van der Waals surface area (Å²) in [6, 6.07) is 8.97. The molecule has 0 bridgehead atoms. The number of hydrogen-bond donors (Lipinski definition) is 5. The van der Waals surface area contributed by atoms with Crippen LogP contribution in [0, 0.1) is 5.92 Å². The van der Waals surface area contributed by atoms with E-state index in [1.54, 1.807) is 24.3 Å². The van der Waals surface area contributed by atoms with Crippen LogP contribution < -0.4 is 0 Å². The van der Waals surface area contributed by atoms with Crippen LogP contribution in [0.15, 0.2) is 59.9 Å². The number of carbonyl (C=O) groups is 3. The van der Waals surface area contributed by atoms with Gasteiger partial charge in [-0.2, -0.15) is 0 Å². The quantitative estimate of drug-likeness (QED) is 0.142. The number of aliphatic hydroxyl groups is 4. The zero-order valence-electron chi connectivity index (χ0n) is 20.9. The predicted octanol–water partition coefficient (Wildman–Crippen LogP) is -0.510. The monoisotopic (exact) mass is 550 g/mol. The molecule has 0 radical (unpaired) electrons. The number of esters is 2. The lowest BCUT2D eigenvalue weighted by atomic mass is 9.86. The van der Waals surface area contributed by atoms with Crippen molar-refractivity contribution in [2.75, 3.05) is 20.3 Å². The highest BCUT2D eigenvalue weighted by molar-refractivity contribution is 5.89. The van der Waals surface area contributed by atoms with Crippen LogP contribution in [0.4, 0.5) is 0 Å². The fourth-order valence-electron chi connectivity index (χ4n) is 3.96. The van der Waals surface area contributed by atoms with Gasteiger partial charge in [0.1, 0.15) is 31.0 Å². The van der Waals surface area contributed by atoms with Crippen LogP contribution in [0.5, 0.6) is 0 Å². The Morgan fingerprint density at radius 2 is 1.77 bits per heavy atom. The molecule has 0 unspecified atom stereocenters. The molecular weight excluding hydrogens is 520 g/mol. The van der Waals surface area contributed by atoms with Crippen molar-refractivity contribution >= 4 is 24.0 Å². The van der Waals surface area contributed by atoms with Crippen molar-refractivity contribution in [1.29, 1.82) is 0 Å². The average Bonchev–Trinajstić information content (AvgIpc) is 2.93. The summed E-state index contributed by atoms with van der Waals surface area (Å²) in [5.41, 5.74) is 0.462. The molecule has 1 aromatic rings. The molecule has 0 aromatic heterocycles. The summed E-state index contributed by atoms with van der Waals surface area (Å²) in [6.45, 7) is -1.09. The molecule has 0 amide bonds. The lowest BCUT2D eigenvalue weighted by Crippen LogP contribution is -2.60. The lowest BCUT2D eigenvalue weighted by molar-refractivity contribution is -0.327. The van der Waals surface area contributed by atoms with Gasteiger partial charge < -0.3 is 49.2 Å². The summed E-state index contributed by atoms with van der Waals surface area (Å²) < 4.78 is 26.3. The summed E-state index contributed by atoms with van der Waals surface area (Å²) >= 11 is 0. The van der Waals surface area contributed by atoms with Crippen LogP contribution in [0.3, 0.4) is 0 Å². The number of methoxy groups -OCH3 is 1.